The van der Waals surface area contributed by atoms with Gasteiger partial charge in [0.15, 0.2) is 0 Å². The lowest BCUT2D eigenvalue weighted by Gasteiger charge is -2.00. The van der Waals surface area contributed by atoms with Crippen molar-refractivity contribution in [1.29, 1.82) is 0 Å². The molecule has 0 aliphatic heterocycles. The summed E-state index contributed by atoms with van der Waals surface area (Å²) in [4.78, 5) is 10.4. The molecule has 100 valence electrons. The van der Waals surface area contributed by atoms with E-state index in [1.54, 1.807) is 24.4 Å². The van der Waals surface area contributed by atoms with Gasteiger partial charge in [0.2, 0.25) is 0 Å². The van der Waals surface area contributed by atoms with E-state index in [0.717, 1.165) is 12.1 Å². The molecule has 0 atom stereocenters. The number of carbonyl (C=O) groups is 1. The van der Waals surface area contributed by atoms with Crippen LogP contribution in [0.1, 0.15) is 25.0 Å². The minimum absolute atomic E-state index is 0.154. The molecule has 2 aromatic rings. The number of hydrogen-bond acceptors (Lipinski definition) is 3. The minimum Gasteiger partial charge on any atom is -0.481 e. The SMILES string of the molecule is O=C(O)CCCCc1cn(-c2ccccc2F)nn1. The molecule has 5 nitrogen and oxygen atoms in total. The molecule has 1 heterocycles. The number of para-hydroxylation sites is 1. The summed E-state index contributed by atoms with van der Waals surface area (Å²) >= 11 is 0. The van der Waals surface area contributed by atoms with E-state index in [4.69, 9.17) is 5.11 Å². The zero-order chi connectivity index (χ0) is 13.7. The molecule has 2 rings (SSSR count). The third kappa shape index (κ3) is 3.61. The number of benzene rings is 1. The van der Waals surface area contributed by atoms with Gasteiger partial charge in [-0.05, 0) is 31.4 Å². The smallest absolute Gasteiger partial charge is 0.303 e. The van der Waals surface area contributed by atoms with Crippen molar-refractivity contribution in [3.8, 4) is 5.69 Å². The first kappa shape index (κ1) is 13.2. The summed E-state index contributed by atoms with van der Waals surface area (Å²) in [6.45, 7) is 0. The van der Waals surface area contributed by atoms with Crippen LogP contribution < -0.4 is 0 Å². The first-order valence-corrected chi connectivity index (χ1v) is 6.05. The lowest BCUT2D eigenvalue weighted by Crippen LogP contribution is -1.97. The summed E-state index contributed by atoms with van der Waals surface area (Å²) in [6.07, 6.45) is 3.78. The predicted octanol–water partition coefficient (Wildman–Crippen LogP) is 2.20. The summed E-state index contributed by atoms with van der Waals surface area (Å²) in [7, 11) is 0. The van der Waals surface area contributed by atoms with Crippen LogP contribution in [0.25, 0.3) is 5.69 Å². The number of carboxylic acids is 1. The van der Waals surface area contributed by atoms with Crippen LogP contribution in [0.3, 0.4) is 0 Å². The van der Waals surface area contributed by atoms with Crippen LogP contribution in [0, 0.1) is 5.82 Å². The molecule has 0 unspecified atom stereocenters. The monoisotopic (exact) mass is 263 g/mol. The molecule has 1 N–H and O–H groups in total. The van der Waals surface area contributed by atoms with Gasteiger partial charge in [0.05, 0.1) is 11.9 Å². The van der Waals surface area contributed by atoms with Crippen LogP contribution in [0.2, 0.25) is 0 Å². The molecule has 19 heavy (non-hydrogen) atoms. The Hall–Kier alpha value is -2.24. The molecule has 1 aromatic heterocycles. The fourth-order valence-electron chi connectivity index (χ4n) is 1.75. The fraction of sp³-hybridized carbons (Fsp3) is 0.308. The van der Waals surface area contributed by atoms with Crippen LogP contribution in [0.15, 0.2) is 30.5 Å². The van der Waals surface area contributed by atoms with Gasteiger partial charge in [0.1, 0.15) is 11.5 Å². The second-order valence-electron chi connectivity index (χ2n) is 4.21. The molecule has 0 aliphatic rings. The van der Waals surface area contributed by atoms with Gasteiger partial charge in [0, 0.05) is 6.42 Å². The topological polar surface area (TPSA) is 68.0 Å². The maximum absolute atomic E-state index is 13.5. The highest BCUT2D eigenvalue weighted by Gasteiger charge is 2.07. The zero-order valence-corrected chi connectivity index (χ0v) is 10.3. The summed E-state index contributed by atoms with van der Waals surface area (Å²) in [5.41, 5.74) is 1.08. The normalized spacial score (nSPS) is 10.6. The lowest BCUT2D eigenvalue weighted by atomic mass is 10.1. The van der Waals surface area contributed by atoms with Gasteiger partial charge in [-0.15, -0.1) is 5.10 Å². The molecule has 0 radical (unpaired) electrons. The molecule has 0 amide bonds. The van der Waals surface area contributed by atoms with Crippen molar-refractivity contribution >= 4 is 5.97 Å². The van der Waals surface area contributed by atoms with Crippen LogP contribution in [-0.2, 0) is 11.2 Å². The molecule has 0 fully saturated rings. The van der Waals surface area contributed by atoms with Gasteiger partial charge < -0.3 is 5.11 Å². The molecule has 0 aliphatic carbocycles. The van der Waals surface area contributed by atoms with E-state index in [0.29, 0.717) is 18.5 Å². The van der Waals surface area contributed by atoms with Gasteiger partial charge >= 0.3 is 5.97 Å². The first-order valence-electron chi connectivity index (χ1n) is 6.05. The van der Waals surface area contributed by atoms with Gasteiger partial charge in [0.25, 0.3) is 0 Å². The summed E-state index contributed by atoms with van der Waals surface area (Å²) < 4.78 is 14.9. The zero-order valence-electron chi connectivity index (χ0n) is 10.3. The fourth-order valence-corrected chi connectivity index (χ4v) is 1.75. The van der Waals surface area contributed by atoms with E-state index >= 15 is 0 Å². The first-order chi connectivity index (χ1) is 9.16. The Morgan fingerprint density at radius 1 is 1.32 bits per heavy atom. The Morgan fingerprint density at radius 3 is 2.84 bits per heavy atom. The van der Waals surface area contributed by atoms with Crippen molar-refractivity contribution in [2.24, 2.45) is 0 Å². The number of carboxylic acid groups (broad SMARTS) is 1. The number of nitrogens with zero attached hydrogens (tertiary/aromatic N) is 3. The van der Waals surface area contributed by atoms with E-state index in [-0.39, 0.29) is 12.2 Å². The van der Waals surface area contributed by atoms with Crippen molar-refractivity contribution in [3.63, 3.8) is 0 Å². The number of halogens is 1. The summed E-state index contributed by atoms with van der Waals surface area (Å²) in [5, 5.41) is 16.3. The van der Waals surface area contributed by atoms with Crippen LogP contribution in [-0.4, -0.2) is 26.1 Å². The quantitative estimate of drug-likeness (QED) is 0.811. The standard InChI is InChI=1S/C13H14FN3O2/c14-11-6-2-3-7-12(11)17-9-10(15-16-17)5-1-4-8-13(18)19/h2-3,6-7,9H,1,4-5,8H2,(H,18,19). The second-order valence-corrected chi connectivity index (χ2v) is 4.21. The van der Waals surface area contributed by atoms with Gasteiger partial charge in [-0.25, -0.2) is 9.07 Å². The largest absolute Gasteiger partial charge is 0.481 e. The van der Waals surface area contributed by atoms with Crippen LogP contribution in [0.4, 0.5) is 4.39 Å². The minimum atomic E-state index is -0.796. The van der Waals surface area contributed by atoms with E-state index in [1.807, 2.05) is 0 Å². The predicted molar refractivity (Wildman–Crippen MR) is 66.5 cm³/mol. The molecule has 0 saturated heterocycles. The Bertz CT molecular complexity index is 569. The number of hydrogen-bond donors (Lipinski definition) is 1. The van der Waals surface area contributed by atoms with Crippen molar-refractivity contribution < 1.29 is 14.3 Å². The Labute approximate surface area is 109 Å². The van der Waals surface area contributed by atoms with Crippen molar-refractivity contribution in [1.82, 2.24) is 15.0 Å². The average Bonchev–Trinajstić information content (AvgIpc) is 2.83. The number of unbranched alkanes of at least 4 members (excludes halogenated alkanes) is 1. The molecule has 0 bridgehead atoms. The lowest BCUT2D eigenvalue weighted by molar-refractivity contribution is -0.137. The van der Waals surface area contributed by atoms with Gasteiger partial charge in [-0.2, -0.15) is 0 Å². The number of rotatable bonds is 6. The van der Waals surface area contributed by atoms with E-state index in [1.165, 1.54) is 10.7 Å². The molecule has 0 saturated carbocycles. The van der Waals surface area contributed by atoms with Crippen LogP contribution in [0.5, 0.6) is 0 Å². The van der Waals surface area contributed by atoms with Crippen molar-refractivity contribution in [2.45, 2.75) is 25.7 Å². The number of aliphatic carboxylic acids is 1. The van der Waals surface area contributed by atoms with E-state index in [9.17, 15) is 9.18 Å². The second kappa shape index (κ2) is 6.08. The summed E-state index contributed by atoms with van der Waals surface area (Å²) in [5.74, 6) is -1.15. The van der Waals surface area contributed by atoms with E-state index < -0.39 is 5.97 Å². The van der Waals surface area contributed by atoms with Crippen LogP contribution >= 0.6 is 0 Å². The Morgan fingerprint density at radius 2 is 2.11 bits per heavy atom. The molecular weight excluding hydrogens is 249 g/mol. The van der Waals surface area contributed by atoms with Gasteiger partial charge in [-0.3, -0.25) is 4.79 Å². The highest BCUT2D eigenvalue weighted by molar-refractivity contribution is 5.66. The maximum Gasteiger partial charge on any atom is 0.303 e. The van der Waals surface area contributed by atoms with Crippen molar-refractivity contribution in [3.05, 3.63) is 42.0 Å². The maximum atomic E-state index is 13.5. The summed E-state index contributed by atoms with van der Waals surface area (Å²) in [6, 6.07) is 6.33. The molecule has 6 heteroatoms. The van der Waals surface area contributed by atoms with E-state index in [2.05, 4.69) is 10.3 Å². The molecule has 0 spiro atoms. The Balaban J connectivity index is 1.96. The highest BCUT2D eigenvalue weighted by Crippen LogP contribution is 2.12. The number of aryl methyl sites for hydroxylation is 1. The molecule has 1 aromatic carbocycles. The van der Waals surface area contributed by atoms with Gasteiger partial charge in [-0.1, -0.05) is 17.3 Å². The molecular formula is C13H14FN3O2. The Kier molecular flexibility index (Phi) is 4.22. The third-order valence-corrected chi connectivity index (χ3v) is 2.71. The number of aromatic nitrogens is 3. The third-order valence-electron chi connectivity index (χ3n) is 2.71. The average molecular weight is 263 g/mol. The highest BCUT2D eigenvalue weighted by atomic mass is 19.1. The van der Waals surface area contributed by atoms with Crippen molar-refractivity contribution in [2.75, 3.05) is 0 Å².